The van der Waals surface area contributed by atoms with Crippen molar-refractivity contribution < 1.29 is 14.7 Å². The molecule has 0 aromatic heterocycles. The lowest BCUT2D eigenvalue weighted by molar-refractivity contribution is -0.144. The predicted molar refractivity (Wildman–Crippen MR) is 43.6 cm³/mol. The lowest BCUT2D eigenvalue weighted by Crippen LogP contribution is -2.38. The highest BCUT2D eigenvalue weighted by molar-refractivity contribution is 5.81. The van der Waals surface area contributed by atoms with Gasteiger partial charge in [0.15, 0.2) is 0 Å². The van der Waals surface area contributed by atoms with Gasteiger partial charge in [-0.25, -0.2) is 0 Å². The van der Waals surface area contributed by atoms with Crippen LogP contribution in [-0.4, -0.2) is 41.5 Å². The standard InChI is InChI=1S/C7H14N2O3/c1-2-6(10)9(4-3-8)5-7(11)12/h2-5,8H2,1H3,(H,11,12). The van der Waals surface area contributed by atoms with Gasteiger partial charge in [-0.3, -0.25) is 9.59 Å². The molecule has 0 fully saturated rings. The fourth-order valence-corrected chi connectivity index (χ4v) is 0.835. The van der Waals surface area contributed by atoms with Crippen LogP contribution in [-0.2, 0) is 9.59 Å². The van der Waals surface area contributed by atoms with E-state index in [9.17, 15) is 9.59 Å². The second kappa shape index (κ2) is 5.54. The zero-order chi connectivity index (χ0) is 9.56. The number of carbonyl (C=O) groups is 2. The molecule has 0 aliphatic rings. The van der Waals surface area contributed by atoms with Crippen LogP contribution in [0.1, 0.15) is 13.3 Å². The van der Waals surface area contributed by atoms with Crippen LogP contribution in [0.25, 0.3) is 0 Å². The van der Waals surface area contributed by atoms with E-state index in [1.165, 1.54) is 4.90 Å². The largest absolute Gasteiger partial charge is 0.480 e. The molecule has 0 unspecified atom stereocenters. The van der Waals surface area contributed by atoms with Gasteiger partial charge in [0.1, 0.15) is 6.54 Å². The van der Waals surface area contributed by atoms with Crippen molar-refractivity contribution in [3.05, 3.63) is 0 Å². The summed E-state index contributed by atoms with van der Waals surface area (Å²) in [6.45, 7) is 2.02. The van der Waals surface area contributed by atoms with E-state index in [4.69, 9.17) is 10.8 Å². The summed E-state index contributed by atoms with van der Waals surface area (Å²) in [5.74, 6) is -1.19. The second-order valence-electron chi connectivity index (χ2n) is 2.35. The fourth-order valence-electron chi connectivity index (χ4n) is 0.835. The lowest BCUT2D eigenvalue weighted by Gasteiger charge is -2.18. The molecule has 5 nitrogen and oxygen atoms in total. The smallest absolute Gasteiger partial charge is 0.323 e. The fraction of sp³-hybridized carbons (Fsp3) is 0.714. The van der Waals surface area contributed by atoms with Gasteiger partial charge in [-0.15, -0.1) is 0 Å². The summed E-state index contributed by atoms with van der Waals surface area (Å²) >= 11 is 0. The van der Waals surface area contributed by atoms with Gasteiger partial charge in [-0.1, -0.05) is 6.92 Å². The Morgan fingerprint density at radius 1 is 1.50 bits per heavy atom. The van der Waals surface area contributed by atoms with Crippen LogP contribution in [0, 0.1) is 0 Å². The van der Waals surface area contributed by atoms with Gasteiger partial charge in [0, 0.05) is 19.5 Å². The minimum Gasteiger partial charge on any atom is -0.480 e. The maximum absolute atomic E-state index is 11.0. The number of nitrogens with two attached hydrogens (primary N) is 1. The monoisotopic (exact) mass is 174 g/mol. The van der Waals surface area contributed by atoms with Crippen molar-refractivity contribution >= 4 is 11.9 Å². The quantitative estimate of drug-likeness (QED) is 0.575. The van der Waals surface area contributed by atoms with Crippen molar-refractivity contribution in [3.63, 3.8) is 0 Å². The Bertz CT molecular complexity index is 170. The number of amides is 1. The second-order valence-corrected chi connectivity index (χ2v) is 2.35. The van der Waals surface area contributed by atoms with E-state index < -0.39 is 5.97 Å². The Morgan fingerprint density at radius 3 is 2.42 bits per heavy atom. The topological polar surface area (TPSA) is 83.6 Å². The van der Waals surface area contributed by atoms with Crippen molar-refractivity contribution in [2.24, 2.45) is 5.73 Å². The Hall–Kier alpha value is -1.10. The molecule has 70 valence electrons. The Balaban J connectivity index is 4.02. The van der Waals surface area contributed by atoms with Gasteiger partial charge in [-0.05, 0) is 0 Å². The molecule has 0 spiro atoms. The number of hydrogen-bond donors (Lipinski definition) is 2. The van der Waals surface area contributed by atoms with E-state index in [2.05, 4.69) is 0 Å². The van der Waals surface area contributed by atoms with Crippen molar-refractivity contribution in [2.75, 3.05) is 19.6 Å². The Kier molecular flexibility index (Phi) is 5.03. The maximum Gasteiger partial charge on any atom is 0.323 e. The molecule has 0 saturated heterocycles. The molecule has 1 amide bonds. The SMILES string of the molecule is CCC(=O)N(CCN)CC(=O)O. The average molecular weight is 174 g/mol. The molecule has 0 radical (unpaired) electrons. The van der Waals surface area contributed by atoms with Crippen LogP contribution in [0.5, 0.6) is 0 Å². The van der Waals surface area contributed by atoms with E-state index in [1.54, 1.807) is 6.92 Å². The van der Waals surface area contributed by atoms with Crippen LogP contribution >= 0.6 is 0 Å². The highest BCUT2D eigenvalue weighted by Gasteiger charge is 2.13. The third-order valence-electron chi connectivity index (χ3n) is 1.38. The van der Waals surface area contributed by atoms with Crippen molar-refractivity contribution in [1.82, 2.24) is 4.90 Å². The molecule has 0 atom stereocenters. The summed E-state index contributed by atoms with van der Waals surface area (Å²) in [4.78, 5) is 22.6. The summed E-state index contributed by atoms with van der Waals surface area (Å²) in [5.41, 5.74) is 5.21. The molecular weight excluding hydrogens is 160 g/mol. The summed E-state index contributed by atoms with van der Waals surface area (Å²) in [5, 5.41) is 8.42. The number of hydrogen-bond acceptors (Lipinski definition) is 3. The van der Waals surface area contributed by atoms with Crippen molar-refractivity contribution in [2.45, 2.75) is 13.3 Å². The number of aliphatic carboxylic acids is 1. The van der Waals surface area contributed by atoms with Crippen LogP contribution in [0.4, 0.5) is 0 Å². The van der Waals surface area contributed by atoms with Crippen molar-refractivity contribution in [1.29, 1.82) is 0 Å². The van der Waals surface area contributed by atoms with E-state index in [0.717, 1.165) is 0 Å². The molecule has 0 aromatic rings. The Labute approximate surface area is 71.1 Å². The normalized spacial score (nSPS) is 9.50. The molecular formula is C7H14N2O3. The molecule has 0 bridgehead atoms. The third-order valence-corrected chi connectivity index (χ3v) is 1.38. The van der Waals surface area contributed by atoms with Crippen LogP contribution < -0.4 is 5.73 Å². The van der Waals surface area contributed by atoms with Gasteiger partial charge in [0.2, 0.25) is 5.91 Å². The molecule has 0 heterocycles. The zero-order valence-corrected chi connectivity index (χ0v) is 7.12. The first-order valence-electron chi connectivity index (χ1n) is 3.81. The molecule has 0 saturated carbocycles. The molecule has 3 N–H and O–H groups in total. The molecule has 12 heavy (non-hydrogen) atoms. The Morgan fingerprint density at radius 2 is 2.08 bits per heavy atom. The van der Waals surface area contributed by atoms with E-state index in [0.29, 0.717) is 19.5 Å². The first-order chi connectivity index (χ1) is 5.61. The van der Waals surface area contributed by atoms with Gasteiger partial charge in [-0.2, -0.15) is 0 Å². The van der Waals surface area contributed by atoms with Gasteiger partial charge in [0.05, 0.1) is 0 Å². The highest BCUT2D eigenvalue weighted by Crippen LogP contribution is 1.92. The molecule has 0 rings (SSSR count). The maximum atomic E-state index is 11.0. The van der Waals surface area contributed by atoms with E-state index in [1.807, 2.05) is 0 Å². The summed E-state index contributed by atoms with van der Waals surface area (Å²) < 4.78 is 0. The average Bonchev–Trinajstić information content (AvgIpc) is 2.01. The lowest BCUT2D eigenvalue weighted by atomic mass is 10.3. The van der Waals surface area contributed by atoms with Crippen LogP contribution in [0.2, 0.25) is 0 Å². The number of carbonyl (C=O) groups excluding carboxylic acids is 1. The van der Waals surface area contributed by atoms with Crippen LogP contribution in [0.15, 0.2) is 0 Å². The zero-order valence-electron chi connectivity index (χ0n) is 7.12. The summed E-state index contributed by atoms with van der Waals surface area (Å²) in [6.07, 6.45) is 0.313. The molecule has 0 aliphatic heterocycles. The first-order valence-corrected chi connectivity index (χ1v) is 3.81. The minimum atomic E-state index is -1.01. The first kappa shape index (κ1) is 10.9. The third kappa shape index (κ3) is 3.92. The molecule has 0 aliphatic carbocycles. The minimum absolute atomic E-state index is 0.178. The predicted octanol–water partition coefficient (Wildman–Crippen LogP) is -0.732. The number of rotatable bonds is 5. The highest BCUT2D eigenvalue weighted by atomic mass is 16.4. The van der Waals surface area contributed by atoms with Gasteiger partial charge in [0.25, 0.3) is 0 Å². The summed E-state index contributed by atoms with van der Waals surface area (Å²) in [7, 11) is 0. The number of carboxylic acid groups (broad SMARTS) is 1. The van der Waals surface area contributed by atoms with E-state index >= 15 is 0 Å². The van der Waals surface area contributed by atoms with Crippen LogP contribution in [0.3, 0.4) is 0 Å². The molecule has 5 heteroatoms. The van der Waals surface area contributed by atoms with Crippen molar-refractivity contribution in [3.8, 4) is 0 Å². The van der Waals surface area contributed by atoms with Gasteiger partial charge < -0.3 is 15.7 Å². The van der Waals surface area contributed by atoms with E-state index in [-0.39, 0.29) is 12.5 Å². The number of nitrogens with zero attached hydrogens (tertiary/aromatic N) is 1. The number of carboxylic acids is 1. The van der Waals surface area contributed by atoms with Gasteiger partial charge >= 0.3 is 5.97 Å². The summed E-state index contributed by atoms with van der Waals surface area (Å²) in [6, 6.07) is 0. The molecule has 0 aromatic carbocycles.